The second-order valence-electron chi connectivity index (χ2n) is 8.81. The maximum Gasteiger partial charge on any atom is 0.408 e. The molecular weight excluding hydrogens is 454 g/mol. The van der Waals surface area contributed by atoms with Crippen LogP contribution in [-0.4, -0.2) is 67.2 Å². The highest BCUT2D eigenvalue weighted by molar-refractivity contribution is 5.86. The molecule has 2 rings (SSSR count). The maximum atomic E-state index is 13.4. The van der Waals surface area contributed by atoms with Crippen molar-refractivity contribution >= 4 is 12.0 Å². The summed E-state index contributed by atoms with van der Waals surface area (Å²) in [6, 6.07) is 16.5. The first-order valence-corrected chi connectivity index (χ1v) is 13.2. The monoisotopic (exact) mass is 497 g/mol. The van der Waals surface area contributed by atoms with Crippen LogP contribution in [0.4, 0.5) is 4.79 Å². The summed E-state index contributed by atoms with van der Waals surface area (Å²) in [4.78, 5) is 30.1. The molecule has 1 unspecified atom stereocenters. The Morgan fingerprint density at radius 2 is 1.47 bits per heavy atom. The lowest BCUT2D eigenvalue weighted by atomic mass is 10.0. The number of hydrogen-bond donors (Lipinski definition) is 1. The zero-order valence-corrected chi connectivity index (χ0v) is 22.4. The van der Waals surface area contributed by atoms with Crippen LogP contribution in [0.5, 0.6) is 5.75 Å². The lowest BCUT2D eigenvalue weighted by Gasteiger charge is -2.27. The molecule has 0 aliphatic carbocycles. The third-order valence-corrected chi connectivity index (χ3v) is 6.04. The quantitative estimate of drug-likeness (QED) is 0.357. The molecule has 0 aliphatic rings. The number of nitrogens with one attached hydrogen (secondary N) is 1. The minimum absolute atomic E-state index is 0.0880. The summed E-state index contributed by atoms with van der Waals surface area (Å²) in [5, 5.41) is 2.82. The second kappa shape index (κ2) is 16.6. The number of rotatable bonds is 16. The number of hydrogen-bond acceptors (Lipinski definition) is 5. The van der Waals surface area contributed by atoms with Crippen LogP contribution < -0.4 is 10.1 Å². The molecule has 0 aromatic heterocycles. The second-order valence-corrected chi connectivity index (χ2v) is 8.81. The Kier molecular flexibility index (Phi) is 13.4. The van der Waals surface area contributed by atoms with Gasteiger partial charge in [-0.1, -0.05) is 70.2 Å². The molecule has 1 N–H and O–H groups in total. The number of carbonyl (C=O) groups excluding carboxylic acids is 2. The van der Waals surface area contributed by atoms with Gasteiger partial charge in [0.15, 0.2) is 0 Å². The lowest BCUT2D eigenvalue weighted by molar-refractivity contribution is -0.133. The van der Waals surface area contributed by atoms with E-state index >= 15 is 0 Å². The number of alkyl carbamates (subject to hydrolysis) is 1. The molecule has 0 saturated carbocycles. The molecule has 0 fully saturated rings. The van der Waals surface area contributed by atoms with Crippen LogP contribution >= 0.6 is 0 Å². The van der Waals surface area contributed by atoms with Gasteiger partial charge in [0.05, 0.1) is 0 Å². The van der Waals surface area contributed by atoms with Gasteiger partial charge in [0, 0.05) is 26.1 Å². The van der Waals surface area contributed by atoms with Crippen molar-refractivity contribution in [2.75, 3.05) is 39.3 Å². The van der Waals surface area contributed by atoms with Crippen molar-refractivity contribution in [2.24, 2.45) is 0 Å². The highest BCUT2D eigenvalue weighted by Crippen LogP contribution is 2.15. The third-order valence-electron chi connectivity index (χ3n) is 6.04. The molecule has 0 aliphatic heterocycles. The van der Waals surface area contributed by atoms with E-state index in [1.807, 2.05) is 73.3 Å². The number of benzene rings is 2. The van der Waals surface area contributed by atoms with Crippen molar-refractivity contribution in [2.45, 2.75) is 59.6 Å². The summed E-state index contributed by atoms with van der Waals surface area (Å²) in [5.41, 5.74) is 1.84. The predicted octanol–water partition coefficient (Wildman–Crippen LogP) is 4.89. The van der Waals surface area contributed by atoms with Gasteiger partial charge in [-0.05, 0) is 49.2 Å². The van der Waals surface area contributed by atoms with Crippen LogP contribution in [0.25, 0.3) is 0 Å². The van der Waals surface area contributed by atoms with Gasteiger partial charge in [-0.3, -0.25) is 4.79 Å². The van der Waals surface area contributed by atoms with Crippen LogP contribution in [-0.2, 0) is 22.6 Å². The first-order chi connectivity index (χ1) is 17.5. The van der Waals surface area contributed by atoms with E-state index in [2.05, 4.69) is 24.1 Å². The summed E-state index contributed by atoms with van der Waals surface area (Å²) >= 11 is 0. The first kappa shape index (κ1) is 29.2. The van der Waals surface area contributed by atoms with Gasteiger partial charge in [-0.25, -0.2) is 4.79 Å². The van der Waals surface area contributed by atoms with Crippen LogP contribution in [0.1, 0.15) is 51.7 Å². The molecule has 0 spiro atoms. The normalized spacial score (nSPS) is 11.7. The van der Waals surface area contributed by atoms with Gasteiger partial charge in [0.2, 0.25) is 5.91 Å². The average molecular weight is 498 g/mol. The van der Waals surface area contributed by atoms with Crippen molar-refractivity contribution in [3.05, 3.63) is 65.7 Å². The van der Waals surface area contributed by atoms with Crippen LogP contribution in [0.3, 0.4) is 0 Å². The molecule has 36 heavy (non-hydrogen) atoms. The number of nitrogens with zero attached hydrogens (tertiary/aromatic N) is 2. The Hall–Kier alpha value is -3.06. The molecule has 0 radical (unpaired) electrons. The van der Waals surface area contributed by atoms with Gasteiger partial charge in [-0.15, -0.1) is 0 Å². The zero-order chi connectivity index (χ0) is 26.2. The third kappa shape index (κ3) is 10.3. The van der Waals surface area contributed by atoms with E-state index in [1.54, 1.807) is 0 Å². The van der Waals surface area contributed by atoms with E-state index in [0.29, 0.717) is 26.1 Å². The summed E-state index contributed by atoms with van der Waals surface area (Å²) in [6.07, 6.45) is 1.50. The van der Waals surface area contributed by atoms with E-state index < -0.39 is 12.1 Å². The SMILES string of the molecule is CCCN(CCC)C(=O)C(Cc1ccc(OCCN(CC)CC)cc1)NC(=O)OCc1ccccc1. The number of amides is 2. The van der Waals surface area contributed by atoms with Gasteiger partial charge >= 0.3 is 6.09 Å². The molecule has 7 heteroatoms. The van der Waals surface area contributed by atoms with E-state index in [9.17, 15) is 9.59 Å². The molecule has 198 valence electrons. The largest absolute Gasteiger partial charge is 0.492 e. The molecule has 1 atom stereocenters. The fraction of sp³-hybridized carbons (Fsp3) is 0.517. The van der Waals surface area contributed by atoms with Crippen molar-refractivity contribution in [1.29, 1.82) is 0 Å². The van der Waals surface area contributed by atoms with E-state index in [-0.39, 0.29) is 12.5 Å². The molecule has 0 saturated heterocycles. The van der Waals surface area contributed by atoms with Crippen molar-refractivity contribution in [3.63, 3.8) is 0 Å². The molecule has 7 nitrogen and oxygen atoms in total. The topological polar surface area (TPSA) is 71.1 Å². The number of ether oxygens (including phenoxy) is 2. The van der Waals surface area contributed by atoms with Gasteiger partial charge in [0.25, 0.3) is 0 Å². The smallest absolute Gasteiger partial charge is 0.408 e. The predicted molar refractivity (Wildman–Crippen MR) is 144 cm³/mol. The summed E-state index contributed by atoms with van der Waals surface area (Å²) in [7, 11) is 0. The van der Waals surface area contributed by atoms with Crippen LogP contribution in [0, 0.1) is 0 Å². The Labute approximate surface area is 216 Å². The standard InChI is InChI=1S/C29H43N3O4/c1-5-18-32(19-6-2)28(33)27(30-29(34)36-23-25-12-10-9-11-13-25)22-24-14-16-26(17-15-24)35-21-20-31(7-3)8-4/h9-17,27H,5-8,18-23H2,1-4H3,(H,30,34). The summed E-state index contributed by atoms with van der Waals surface area (Å²) in [6.45, 7) is 13.4. The zero-order valence-electron chi connectivity index (χ0n) is 22.4. The molecule has 2 aromatic rings. The van der Waals surface area contributed by atoms with Crippen molar-refractivity contribution < 1.29 is 19.1 Å². The van der Waals surface area contributed by atoms with Crippen molar-refractivity contribution in [3.8, 4) is 5.75 Å². The van der Waals surface area contributed by atoms with Crippen molar-refractivity contribution in [1.82, 2.24) is 15.1 Å². The highest BCUT2D eigenvalue weighted by atomic mass is 16.5. The molecular formula is C29H43N3O4. The van der Waals surface area contributed by atoms with E-state index in [4.69, 9.17) is 9.47 Å². The fourth-order valence-corrected chi connectivity index (χ4v) is 3.99. The summed E-state index contributed by atoms with van der Waals surface area (Å²) < 4.78 is 11.3. The maximum absolute atomic E-state index is 13.4. The Balaban J connectivity index is 2.04. The Morgan fingerprint density at radius 1 is 0.833 bits per heavy atom. The van der Waals surface area contributed by atoms with Crippen LogP contribution in [0.2, 0.25) is 0 Å². The number of likely N-dealkylation sites (N-methyl/N-ethyl adjacent to an activating group) is 1. The van der Waals surface area contributed by atoms with Gasteiger partial charge in [0.1, 0.15) is 25.0 Å². The van der Waals surface area contributed by atoms with E-state index in [0.717, 1.165) is 49.4 Å². The minimum Gasteiger partial charge on any atom is -0.492 e. The minimum atomic E-state index is -0.708. The fourth-order valence-electron chi connectivity index (χ4n) is 3.99. The molecule has 0 bridgehead atoms. The Bertz CT molecular complexity index is 879. The highest BCUT2D eigenvalue weighted by Gasteiger charge is 2.26. The average Bonchev–Trinajstić information content (AvgIpc) is 2.90. The molecule has 2 amide bonds. The van der Waals surface area contributed by atoms with E-state index in [1.165, 1.54) is 0 Å². The lowest BCUT2D eigenvalue weighted by Crippen LogP contribution is -2.50. The van der Waals surface area contributed by atoms with Crippen LogP contribution in [0.15, 0.2) is 54.6 Å². The first-order valence-electron chi connectivity index (χ1n) is 13.2. The van der Waals surface area contributed by atoms with Gasteiger partial charge < -0.3 is 24.6 Å². The molecule has 0 heterocycles. The van der Waals surface area contributed by atoms with Gasteiger partial charge in [-0.2, -0.15) is 0 Å². The molecule has 2 aromatic carbocycles. The Morgan fingerprint density at radius 3 is 2.06 bits per heavy atom. The number of carbonyl (C=O) groups is 2. The summed E-state index contributed by atoms with van der Waals surface area (Å²) in [5.74, 6) is 0.706.